The predicted octanol–water partition coefficient (Wildman–Crippen LogP) is 1.97. The molecule has 0 aliphatic carbocycles. The average molecular weight is 324 g/mol. The third-order valence-corrected chi connectivity index (χ3v) is 3.52. The molecule has 2 aromatic heterocycles. The molecule has 0 bridgehead atoms. The monoisotopic (exact) mass is 323 g/mol. The summed E-state index contributed by atoms with van der Waals surface area (Å²) in [6.45, 7) is 0.756. The van der Waals surface area contributed by atoms with Crippen LogP contribution in [0.25, 0.3) is 11.5 Å². The van der Waals surface area contributed by atoms with Gasteiger partial charge in [-0.25, -0.2) is 0 Å². The Bertz CT molecular complexity index is 614. The summed E-state index contributed by atoms with van der Waals surface area (Å²) < 4.78 is 11.2. The smallest absolute Gasteiger partial charge is 0.239 e. The van der Waals surface area contributed by atoms with Crippen LogP contribution in [0.3, 0.4) is 0 Å². The fourth-order valence-corrected chi connectivity index (χ4v) is 2.31. The highest BCUT2D eigenvalue weighted by Gasteiger charge is 2.30. The van der Waals surface area contributed by atoms with Crippen LogP contribution in [-0.2, 0) is 9.53 Å². The molecule has 0 radical (unpaired) electrons. The fourth-order valence-electron chi connectivity index (χ4n) is 1.87. The van der Waals surface area contributed by atoms with Crippen molar-refractivity contribution in [3.63, 3.8) is 0 Å². The maximum absolute atomic E-state index is 11.8. The summed E-state index contributed by atoms with van der Waals surface area (Å²) in [6.07, 6.45) is 2.03. The molecule has 19 heavy (non-hydrogen) atoms. The molecule has 1 unspecified atom stereocenters. The molecule has 98 valence electrons. The van der Waals surface area contributed by atoms with Crippen LogP contribution in [0.2, 0.25) is 0 Å². The fraction of sp³-hybridized carbons (Fsp3) is 0.333. The normalized spacial score (nSPS) is 19.6. The van der Waals surface area contributed by atoms with Crippen LogP contribution in [-0.4, -0.2) is 34.1 Å². The van der Waals surface area contributed by atoms with Crippen LogP contribution in [0, 0.1) is 0 Å². The van der Waals surface area contributed by atoms with Crippen molar-refractivity contribution in [3.8, 4) is 11.5 Å². The first-order valence-corrected chi connectivity index (χ1v) is 6.60. The second-order valence-corrected chi connectivity index (χ2v) is 4.99. The van der Waals surface area contributed by atoms with Gasteiger partial charge < -0.3 is 9.26 Å². The van der Waals surface area contributed by atoms with Gasteiger partial charge in [-0.2, -0.15) is 4.98 Å². The van der Waals surface area contributed by atoms with E-state index in [0.29, 0.717) is 31.2 Å². The topological polar surface area (TPSA) is 78.1 Å². The van der Waals surface area contributed by atoms with Crippen molar-refractivity contribution in [2.45, 2.75) is 12.3 Å². The van der Waals surface area contributed by atoms with Gasteiger partial charge in [0.1, 0.15) is 17.4 Å². The van der Waals surface area contributed by atoms with Gasteiger partial charge in [-0.1, -0.05) is 5.16 Å². The number of Topliss-reactive ketones (excluding diaryl/α,β-unsaturated/α-hetero) is 1. The lowest BCUT2D eigenvalue weighted by atomic mass is 10.0. The molecule has 6 nitrogen and oxygen atoms in total. The largest absolute Gasteiger partial charge is 0.380 e. The zero-order chi connectivity index (χ0) is 13.2. The van der Waals surface area contributed by atoms with Gasteiger partial charge in [-0.05, 0) is 28.1 Å². The lowest BCUT2D eigenvalue weighted by molar-refractivity contribution is -0.127. The van der Waals surface area contributed by atoms with Gasteiger partial charge in [-0.3, -0.25) is 9.78 Å². The van der Waals surface area contributed by atoms with Crippen molar-refractivity contribution in [2.24, 2.45) is 0 Å². The molecule has 1 saturated heterocycles. The Morgan fingerprint density at radius 3 is 3.11 bits per heavy atom. The van der Waals surface area contributed by atoms with Crippen molar-refractivity contribution < 1.29 is 14.1 Å². The zero-order valence-electron chi connectivity index (χ0n) is 9.88. The second kappa shape index (κ2) is 5.18. The first-order valence-electron chi connectivity index (χ1n) is 5.80. The van der Waals surface area contributed by atoms with E-state index in [4.69, 9.17) is 9.26 Å². The van der Waals surface area contributed by atoms with Gasteiger partial charge in [0.2, 0.25) is 11.7 Å². The van der Waals surface area contributed by atoms with Gasteiger partial charge >= 0.3 is 0 Å². The Kier molecular flexibility index (Phi) is 3.39. The Balaban J connectivity index is 1.91. The van der Waals surface area contributed by atoms with Gasteiger partial charge in [0, 0.05) is 17.1 Å². The summed E-state index contributed by atoms with van der Waals surface area (Å²) in [4.78, 5) is 20.2. The SMILES string of the molecule is O=C1CCOCC1c1nc(-c2ncccc2Br)no1. The predicted molar refractivity (Wildman–Crippen MR) is 68.4 cm³/mol. The van der Waals surface area contributed by atoms with E-state index in [1.807, 2.05) is 6.07 Å². The summed E-state index contributed by atoms with van der Waals surface area (Å²) in [6, 6.07) is 3.64. The molecule has 2 aromatic rings. The number of pyridine rings is 1. The number of nitrogens with zero attached hydrogens (tertiary/aromatic N) is 3. The highest BCUT2D eigenvalue weighted by Crippen LogP contribution is 2.26. The molecule has 3 heterocycles. The van der Waals surface area contributed by atoms with E-state index in [0.717, 1.165) is 4.47 Å². The molecular weight excluding hydrogens is 314 g/mol. The van der Waals surface area contributed by atoms with Crippen LogP contribution in [0.15, 0.2) is 27.3 Å². The van der Waals surface area contributed by atoms with E-state index >= 15 is 0 Å². The van der Waals surface area contributed by atoms with Crippen molar-refractivity contribution in [2.75, 3.05) is 13.2 Å². The molecule has 3 rings (SSSR count). The number of aromatic nitrogens is 3. The van der Waals surface area contributed by atoms with Crippen LogP contribution in [0.1, 0.15) is 18.2 Å². The summed E-state index contributed by atoms with van der Waals surface area (Å²) in [5.41, 5.74) is 0.585. The van der Waals surface area contributed by atoms with E-state index in [1.165, 1.54) is 0 Å². The van der Waals surface area contributed by atoms with Gasteiger partial charge in [-0.15, -0.1) is 0 Å². The van der Waals surface area contributed by atoms with E-state index in [-0.39, 0.29) is 11.7 Å². The van der Waals surface area contributed by atoms with Crippen molar-refractivity contribution in [1.29, 1.82) is 0 Å². The number of carbonyl (C=O) groups excluding carboxylic acids is 1. The van der Waals surface area contributed by atoms with Crippen molar-refractivity contribution in [3.05, 3.63) is 28.7 Å². The highest BCUT2D eigenvalue weighted by molar-refractivity contribution is 9.10. The van der Waals surface area contributed by atoms with Gasteiger partial charge in [0.05, 0.1) is 13.2 Å². The minimum Gasteiger partial charge on any atom is -0.380 e. The zero-order valence-corrected chi connectivity index (χ0v) is 11.5. The Morgan fingerprint density at radius 1 is 1.42 bits per heavy atom. The molecular formula is C12H10BrN3O3. The lowest BCUT2D eigenvalue weighted by Gasteiger charge is -2.16. The third-order valence-electron chi connectivity index (χ3n) is 2.88. The lowest BCUT2D eigenvalue weighted by Crippen LogP contribution is -2.25. The number of hydrogen-bond donors (Lipinski definition) is 0. The number of ketones is 1. The van der Waals surface area contributed by atoms with E-state index in [9.17, 15) is 4.79 Å². The number of hydrogen-bond acceptors (Lipinski definition) is 6. The van der Waals surface area contributed by atoms with Crippen LogP contribution < -0.4 is 0 Å². The van der Waals surface area contributed by atoms with Gasteiger partial charge in [0.25, 0.3) is 0 Å². The maximum Gasteiger partial charge on any atom is 0.239 e. The highest BCUT2D eigenvalue weighted by atomic mass is 79.9. The molecule has 0 spiro atoms. The number of ether oxygens (including phenoxy) is 1. The standard InChI is InChI=1S/C12H10BrN3O3/c13-8-2-1-4-14-10(8)11-15-12(19-16-11)7-6-18-5-3-9(7)17/h1-2,4,7H,3,5-6H2. The molecule has 1 aliphatic heterocycles. The number of halogens is 1. The molecule has 0 amide bonds. The van der Waals surface area contributed by atoms with Crippen LogP contribution in [0.5, 0.6) is 0 Å². The number of rotatable bonds is 2. The summed E-state index contributed by atoms with van der Waals surface area (Å²) in [5.74, 6) is 0.261. The summed E-state index contributed by atoms with van der Waals surface area (Å²) >= 11 is 3.37. The first-order chi connectivity index (χ1) is 9.25. The minimum absolute atomic E-state index is 0.0709. The molecule has 0 N–H and O–H groups in total. The second-order valence-electron chi connectivity index (χ2n) is 4.13. The summed E-state index contributed by atoms with van der Waals surface area (Å²) in [5, 5.41) is 3.87. The molecule has 0 saturated carbocycles. The van der Waals surface area contributed by atoms with Crippen molar-refractivity contribution in [1.82, 2.24) is 15.1 Å². The van der Waals surface area contributed by atoms with Crippen LogP contribution >= 0.6 is 15.9 Å². The molecule has 1 fully saturated rings. The Labute approximate surface area is 117 Å². The minimum atomic E-state index is -0.461. The van der Waals surface area contributed by atoms with E-state index in [1.54, 1.807) is 12.3 Å². The van der Waals surface area contributed by atoms with E-state index in [2.05, 4.69) is 31.1 Å². The molecule has 1 aliphatic rings. The van der Waals surface area contributed by atoms with Gasteiger partial charge in [0.15, 0.2) is 0 Å². The van der Waals surface area contributed by atoms with E-state index < -0.39 is 5.92 Å². The quantitative estimate of drug-likeness (QED) is 0.840. The van der Waals surface area contributed by atoms with Crippen molar-refractivity contribution >= 4 is 21.7 Å². The number of carbonyl (C=O) groups is 1. The van der Waals surface area contributed by atoms with Crippen LogP contribution in [0.4, 0.5) is 0 Å². The average Bonchev–Trinajstić information content (AvgIpc) is 2.89. The third kappa shape index (κ3) is 2.43. The molecule has 7 heteroatoms. The molecule has 0 aromatic carbocycles. The first kappa shape index (κ1) is 12.4. The Morgan fingerprint density at radius 2 is 2.32 bits per heavy atom. The Hall–Kier alpha value is -1.60. The molecule has 1 atom stereocenters. The summed E-state index contributed by atoms with van der Waals surface area (Å²) in [7, 11) is 0. The maximum atomic E-state index is 11.8.